The summed E-state index contributed by atoms with van der Waals surface area (Å²) in [5.74, 6) is 1.65. The van der Waals surface area contributed by atoms with E-state index in [2.05, 4.69) is 20.8 Å². The molecule has 0 aliphatic carbocycles. The monoisotopic (exact) mass is 534 g/mol. The fourth-order valence-corrected chi connectivity index (χ4v) is 4.30. The van der Waals surface area contributed by atoms with Gasteiger partial charge in [-0.1, -0.05) is 39.0 Å². The van der Waals surface area contributed by atoms with Gasteiger partial charge in [-0.3, -0.25) is 9.59 Å². The minimum absolute atomic E-state index is 0.0124. The molecule has 0 N–H and O–H groups in total. The Hall–Kier alpha value is -3.74. The number of carbonyl (C=O) groups excluding carboxylic acids is 2. The Kier molecular flexibility index (Phi) is 9.49. The SMILES string of the molecule is COc1ccc(CCN(Cc2ccco2)C(=O)CN(C(=O)c2ccc(C(C)(C)C)cc2)C(C)(C)C)cc1OC. The topological polar surface area (TPSA) is 72.2 Å². The van der Waals surface area contributed by atoms with Crippen molar-refractivity contribution in [1.82, 2.24) is 9.80 Å². The number of amides is 2. The molecule has 3 rings (SSSR count). The van der Waals surface area contributed by atoms with E-state index in [9.17, 15) is 9.59 Å². The third kappa shape index (κ3) is 7.88. The smallest absolute Gasteiger partial charge is 0.254 e. The van der Waals surface area contributed by atoms with E-state index in [1.165, 1.54) is 0 Å². The Morgan fingerprint density at radius 1 is 0.872 bits per heavy atom. The summed E-state index contributed by atoms with van der Waals surface area (Å²) in [5.41, 5.74) is 2.15. The van der Waals surface area contributed by atoms with Crippen LogP contribution in [-0.2, 0) is 23.2 Å². The van der Waals surface area contributed by atoms with Crippen molar-refractivity contribution in [2.24, 2.45) is 0 Å². The molecule has 0 aliphatic heterocycles. The van der Waals surface area contributed by atoms with Crippen molar-refractivity contribution < 1.29 is 23.5 Å². The number of hydrogen-bond donors (Lipinski definition) is 0. The molecule has 2 amide bonds. The lowest BCUT2D eigenvalue weighted by atomic mass is 9.86. The normalized spacial score (nSPS) is 11.7. The molecule has 0 atom stereocenters. The van der Waals surface area contributed by atoms with Crippen LogP contribution < -0.4 is 9.47 Å². The van der Waals surface area contributed by atoms with Crippen LogP contribution in [-0.4, -0.2) is 54.5 Å². The van der Waals surface area contributed by atoms with Gasteiger partial charge in [0.15, 0.2) is 11.5 Å². The first kappa shape index (κ1) is 29.8. The minimum atomic E-state index is -0.560. The molecule has 0 saturated heterocycles. The summed E-state index contributed by atoms with van der Waals surface area (Å²) in [7, 11) is 3.20. The van der Waals surface area contributed by atoms with Gasteiger partial charge in [0.1, 0.15) is 12.3 Å². The highest BCUT2D eigenvalue weighted by Crippen LogP contribution is 2.28. The standard InChI is InChI=1S/C32H42N2O5/c1-31(2,3)25-14-12-24(13-15-25)30(36)34(32(4,5)6)22-29(35)33(21-26-10-9-19-39-26)18-17-23-11-16-27(37-7)28(20-23)38-8/h9-16,19-20H,17-18,21-22H2,1-8H3. The second-order valence-electron chi connectivity index (χ2n) is 11.7. The summed E-state index contributed by atoms with van der Waals surface area (Å²) in [6.45, 7) is 13.0. The van der Waals surface area contributed by atoms with E-state index in [0.717, 1.165) is 11.1 Å². The van der Waals surface area contributed by atoms with Crippen molar-refractivity contribution in [2.45, 2.75) is 65.5 Å². The molecular weight excluding hydrogens is 492 g/mol. The van der Waals surface area contributed by atoms with Crippen molar-refractivity contribution in [3.8, 4) is 11.5 Å². The van der Waals surface area contributed by atoms with Gasteiger partial charge in [0.25, 0.3) is 5.91 Å². The molecule has 39 heavy (non-hydrogen) atoms. The van der Waals surface area contributed by atoms with Gasteiger partial charge in [-0.25, -0.2) is 0 Å². The van der Waals surface area contributed by atoms with Crippen molar-refractivity contribution in [3.63, 3.8) is 0 Å². The van der Waals surface area contributed by atoms with Gasteiger partial charge < -0.3 is 23.7 Å². The molecule has 0 fully saturated rings. The second kappa shape index (κ2) is 12.4. The van der Waals surface area contributed by atoms with Crippen LogP contribution in [0.3, 0.4) is 0 Å². The van der Waals surface area contributed by atoms with Crippen LogP contribution in [0.15, 0.2) is 65.3 Å². The average Bonchev–Trinajstić information content (AvgIpc) is 3.41. The minimum Gasteiger partial charge on any atom is -0.493 e. The Morgan fingerprint density at radius 2 is 1.54 bits per heavy atom. The van der Waals surface area contributed by atoms with E-state index in [0.29, 0.717) is 42.3 Å². The molecular formula is C32H42N2O5. The van der Waals surface area contributed by atoms with Crippen molar-refractivity contribution in [3.05, 3.63) is 83.3 Å². The van der Waals surface area contributed by atoms with Gasteiger partial charge in [0.05, 0.1) is 27.0 Å². The zero-order chi connectivity index (χ0) is 28.8. The summed E-state index contributed by atoms with van der Waals surface area (Å²) in [6, 6.07) is 17.1. The fourth-order valence-electron chi connectivity index (χ4n) is 4.30. The zero-order valence-corrected chi connectivity index (χ0v) is 24.5. The molecule has 3 aromatic rings. The van der Waals surface area contributed by atoms with Crippen LogP contribution in [0.5, 0.6) is 11.5 Å². The molecule has 1 heterocycles. The first-order chi connectivity index (χ1) is 18.3. The van der Waals surface area contributed by atoms with Crippen LogP contribution in [0.4, 0.5) is 0 Å². The molecule has 210 valence electrons. The number of benzene rings is 2. The van der Waals surface area contributed by atoms with E-state index in [-0.39, 0.29) is 23.8 Å². The maximum atomic E-state index is 13.7. The van der Waals surface area contributed by atoms with Crippen LogP contribution >= 0.6 is 0 Å². The number of methoxy groups -OCH3 is 2. The average molecular weight is 535 g/mol. The van der Waals surface area contributed by atoms with Gasteiger partial charge in [-0.15, -0.1) is 0 Å². The van der Waals surface area contributed by atoms with Crippen molar-refractivity contribution >= 4 is 11.8 Å². The van der Waals surface area contributed by atoms with E-state index in [4.69, 9.17) is 13.9 Å². The highest BCUT2D eigenvalue weighted by atomic mass is 16.5. The van der Waals surface area contributed by atoms with Gasteiger partial charge in [-0.2, -0.15) is 0 Å². The number of ether oxygens (including phenoxy) is 2. The molecule has 7 heteroatoms. The lowest BCUT2D eigenvalue weighted by Crippen LogP contribution is -2.51. The predicted molar refractivity (Wildman–Crippen MR) is 153 cm³/mol. The first-order valence-electron chi connectivity index (χ1n) is 13.3. The number of furan rings is 1. The van der Waals surface area contributed by atoms with Crippen molar-refractivity contribution in [2.75, 3.05) is 27.3 Å². The summed E-state index contributed by atoms with van der Waals surface area (Å²) in [4.78, 5) is 30.8. The molecule has 0 spiro atoms. The molecule has 2 aromatic carbocycles. The largest absolute Gasteiger partial charge is 0.493 e. The summed E-state index contributed by atoms with van der Waals surface area (Å²) < 4.78 is 16.3. The highest BCUT2D eigenvalue weighted by molar-refractivity contribution is 5.97. The Morgan fingerprint density at radius 3 is 2.08 bits per heavy atom. The summed E-state index contributed by atoms with van der Waals surface area (Å²) >= 11 is 0. The number of carbonyl (C=O) groups is 2. The summed E-state index contributed by atoms with van der Waals surface area (Å²) in [5, 5.41) is 0. The third-order valence-corrected chi connectivity index (χ3v) is 6.74. The van der Waals surface area contributed by atoms with Gasteiger partial charge in [0, 0.05) is 17.6 Å². The van der Waals surface area contributed by atoms with E-state index in [1.807, 2.05) is 69.3 Å². The van der Waals surface area contributed by atoms with Gasteiger partial charge >= 0.3 is 0 Å². The molecule has 0 saturated carbocycles. The lowest BCUT2D eigenvalue weighted by molar-refractivity contribution is -0.133. The Balaban J connectivity index is 1.81. The third-order valence-electron chi connectivity index (χ3n) is 6.74. The van der Waals surface area contributed by atoms with Crippen LogP contribution in [0, 0.1) is 0 Å². The second-order valence-corrected chi connectivity index (χ2v) is 11.7. The van der Waals surface area contributed by atoms with Crippen LogP contribution in [0.1, 0.15) is 68.8 Å². The maximum Gasteiger partial charge on any atom is 0.254 e. The van der Waals surface area contributed by atoms with Gasteiger partial charge in [0.2, 0.25) is 5.91 Å². The highest BCUT2D eigenvalue weighted by Gasteiger charge is 2.31. The van der Waals surface area contributed by atoms with Crippen LogP contribution in [0.2, 0.25) is 0 Å². The molecule has 0 unspecified atom stereocenters. The Labute approximate surface area is 232 Å². The number of nitrogens with zero attached hydrogens (tertiary/aromatic N) is 2. The van der Waals surface area contributed by atoms with E-state index >= 15 is 0 Å². The molecule has 0 radical (unpaired) electrons. The Bertz CT molecular complexity index is 1240. The molecule has 7 nitrogen and oxygen atoms in total. The molecule has 0 aliphatic rings. The van der Waals surface area contributed by atoms with E-state index < -0.39 is 5.54 Å². The number of rotatable bonds is 10. The zero-order valence-electron chi connectivity index (χ0n) is 24.5. The summed E-state index contributed by atoms with van der Waals surface area (Å²) in [6.07, 6.45) is 2.20. The quantitative estimate of drug-likeness (QED) is 0.314. The lowest BCUT2D eigenvalue weighted by Gasteiger charge is -2.37. The van der Waals surface area contributed by atoms with Crippen molar-refractivity contribution in [1.29, 1.82) is 0 Å². The molecule has 1 aromatic heterocycles. The van der Waals surface area contributed by atoms with Gasteiger partial charge in [-0.05, 0) is 80.1 Å². The number of hydrogen-bond acceptors (Lipinski definition) is 5. The predicted octanol–water partition coefficient (Wildman–Crippen LogP) is 6.11. The van der Waals surface area contributed by atoms with E-state index in [1.54, 1.807) is 36.3 Å². The molecule has 0 bridgehead atoms. The fraction of sp³-hybridized carbons (Fsp3) is 0.438. The first-order valence-corrected chi connectivity index (χ1v) is 13.3. The maximum absolute atomic E-state index is 13.7. The van der Waals surface area contributed by atoms with Crippen LogP contribution in [0.25, 0.3) is 0 Å².